The minimum atomic E-state index is 0.0544. The number of aromatic nitrogens is 3. The van der Waals surface area contributed by atoms with E-state index in [1.54, 1.807) is 17.1 Å². The molecule has 2 rings (SSSR count). The van der Waals surface area contributed by atoms with E-state index in [1.165, 1.54) is 0 Å². The minimum Gasteiger partial charge on any atom is -0.384 e. The van der Waals surface area contributed by atoms with Crippen molar-refractivity contribution in [2.45, 2.75) is 20.4 Å². The number of amidine groups is 1. The van der Waals surface area contributed by atoms with Gasteiger partial charge in [-0.3, -0.25) is 15.1 Å². The van der Waals surface area contributed by atoms with Gasteiger partial charge in [0.15, 0.2) is 0 Å². The molecular weight excluding hydrogens is 252 g/mol. The monoisotopic (exact) mass is 272 g/mol. The number of anilines is 1. The number of rotatable bonds is 5. The number of hydrogen-bond donors (Lipinski definition) is 2. The number of hydrogen-bond acceptors (Lipinski definition) is 4. The van der Waals surface area contributed by atoms with Crippen molar-refractivity contribution in [3.8, 4) is 0 Å². The van der Waals surface area contributed by atoms with Crippen molar-refractivity contribution in [2.75, 3.05) is 11.4 Å². The van der Waals surface area contributed by atoms with Crippen LogP contribution in [0.5, 0.6) is 0 Å². The van der Waals surface area contributed by atoms with Crippen molar-refractivity contribution < 1.29 is 0 Å². The molecule has 0 aliphatic rings. The van der Waals surface area contributed by atoms with Gasteiger partial charge >= 0.3 is 0 Å². The van der Waals surface area contributed by atoms with Crippen LogP contribution >= 0.6 is 0 Å². The molecule has 0 atom stereocenters. The molecule has 106 valence electrons. The van der Waals surface area contributed by atoms with Crippen molar-refractivity contribution in [1.82, 2.24) is 14.8 Å². The van der Waals surface area contributed by atoms with E-state index in [4.69, 9.17) is 11.1 Å². The van der Waals surface area contributed by atoms with E-state index in [1.807, 2.05) is 26.1 Å². The lowest BCUT2D eigenvalue weighted by atomic mass is 10.2. The number of nitrogens with two attached hydrogens (primary N) is 1. The maximum Gasteiger partial charge on any atom is 0.138 e. The van der Waals surface area contributed by atoms with Gasteiger partial charge in [-0.05, 0) is 31.5 Å². The average molecular weight is 272 g/mol. The van der Waals surface area contributed by atoms with Crippen LogP contribution in [0.1, 0.15) is 23.7 Å². The molecule has 2 aromatic rings. The maximum absolute atomic E-state index is 7.77. The van der Waals surface area contributed by atoms with Gasteiger partial charge in [-0.2, -0.15) is 5.10 Å². The lowest BCUT2D eigenvalue weighted by Gasteiger charge is -2.24. The van der Waals surface area contributed by atoms with Gasteiger partial charge < -0.3 is 10.6 Å². The van der Waals surface area contributed by atoms with Gasteiger partial charge in [0.2, 0.25) is 0 Å². The third-order valence-corrected chi connectivity index (χ3v) is 3.27. The molecule has 0 saturated heterocycles. The number of aryl methyl sites for hydroxylation is 2. The predicted molar refractivity (Wildman–Crippen MR) is 79.9 cm³/mol. The first-order valence-electron chi connectivity index (χ1n) is 6.56. The Hall–Kier alpha value is -2.37. The topological polar surface area (TPSA) is 83.8 Å². The predicted octanol–water partition coefficient (Wildman–Crippen LogP) is 1.43. The molecule has 6 nitrogen and oxygen atoms in total. The molecule has 6 heteroatoms. The lowest BCUT2D eigenvalue weighted by Crippen LogP contribution is -2.27. The van der Waals surface area contributed by atoms with E-state index >= 15 is 0 Å². The summed E-state index contributed by atoms with van der Waals surface area (Å²) in [4.78, 5) is 6.19. The molecule has 0 aliphatic heterocycles. The molecule has 0 aliphatic carbocycles. The fraction of sp³-hybridized carbons (Fsp3) is 0.357. The van der Waals surface area contributed by atoms with Crippen LogP contribution in [-0.2, 0) is 13.6 Å². The normalized spacial score (nSPS) is 10.6. The third kappa shape index (κ3) is 2.64. The van der Waals surface area contributed by atoms with E-state index in [9.17, 15) is 0 Å². The molecule has 20 heavy (non-hydrogen) atoms. The van der Waals surface area contributed by atoms with Crippen LogP contribution in [0.25, 0.3) is 0 Å². The summed E-state index contributed by atoms with van der Waals surface area (Å²) in [6, 6.07) is 3.97. The van der Waals surface area contributed by atoms with Crippen LogP contribution < -0.4 is 10.6 Å². The van der Waals surface area contributed by atoms with Crippen LogP contribution in [0.15, 0.2) is 24.5 Å². The fourth-order valence-corrected chi connectivity index (χ4v) is 2.37. The van der Waals surface area contributed by atoms with E-state index in [0.29, 0.717) is 5.56 Å². The van der Waals surface area contributed by atoms with Crippen molar-refractivity contribution in [1.29, 1.82) is 5.41 Å². The summed E-state index contributed by atoms with van der Waals surface area (Å²) in [5.41, 5.74) is 8.36. The zero-order valence-corrected chi connectivity index (χ0v) is 12.1. The summed E-state index contributed by atoms with van der Waals surface area (Å²) in [6.45, 7) is 5.49. The van der Waals surface area contributed by atoms with Gasteiger partial charge in [-0.1, -0.05) is 0 Å². The number of pyridine rings is 1. The fourth-order valence-electron chi connectivity index (χ4n) is 2.37. The Morgan fingerprint density at radius 3 is 2.60 bits per heavy atom. The van der Waals surface area contributed by atoms with Crippen LogP contribution in [0, 0.1) is 12.3 Å². The quantitative estimate of drug-likeness (QED) is 0.637. The highest BCUT2D eigenvalue weighted by Gasteiger charge is 2.20. The number of nitrogens with zero attached hydrogens (tertiary/aromatic N) is 4. The van der Waals surface area contributed by atoms with Gasteiger partial charge in [0, 0.05) is 32.5 Å². The zero-order chi connectivity index (χ0) is 14.7. The first-order valence-corrected chi connectivity index (χ1v) is 6.56. The highest BCUT2D eigenvalue weighted by molar-refractivity contribution is 6.00. The first-order chi connectivity index (χ1) is 9.54. The maximum atomic E-state index is 7.77. The van der Waals surface area contributed by atoms with Crippen molar-refractivity contribution in [3.63, 3.8) is 0 Å². The van der Waals surface area contributed by atoms with Crippen LogP contribution in [0.4, 0.5) is 5.82 Å². The Bertz CT molecular complexity index is 602. The molecule has 3 N–H and O–H groups in total. The van der Waals surface area contributed by atoms with Crippen LogP contribution in [-0.4, -0.2) is 27.1 Å². The number of nitrogen functional groups attached to an aromatic ring is 1. The summed E-state index contributed by atoms with van der Waals surface area (Å²) in [5.74, 6) is 0.938. The molecule has 0 spiro atoms. The van der Waals surface area contributed by atoms with Gasteiger partial charge in [0.25, 0.3) is 0 Å². The molecule has 0 fully saturated rings. The second-order valence-corrected chi connectivity index (χ2v) is 4.69. The molecule has 0 unspecified atom stereocenters. The molecule has 0 saturated carbocycles. The Morgan fingerprint density at radius 2 is 2.05 bits per heavy atom. The van der Waals surface area contributed by atoms with Crippen LogP contribution in [0.3, 0.4) is 0 Å². The summed E-state index contributed by atoms with van der Waals surface area (Å²) in [5, 5.41) is 12.2. The SMILES string of the molecule is CCN(Cc1ccncc1)c1c(C(=N)N)c(C)nn1C. The van der Waals surface area contributed by atoms with E-state index in [0.717, 1.165) is 30.2 Å². The van der Waals surface area contributed by atoms with Crippen molar-refractivity contribution in [3.05, 3.63) is 41.3 Å². The molecule has 0 aromatic carbocycles. The van der Waals surface area contributed by atoms with E-state index in [-0.39, 0.29) is 5.84 Å². The van der Waals surface area contributed by atoms with Crippen molar-refractivity contribution in [2.24, 2.45) is 12.8 Å². The molecule has 0 bridgehead atoms. The smallest absolute Gasteiger partial charge is 0.138 e. The van der Waals surface area contributed by atoms with Crippen molar-refractivity contribution >= 4 is 11.7 Å². The summed E-state index contributed by atoms with van der Waals surface area (Å²) < 4.78 is 1.79. The summed E-state index contributed by atoms with van der Waals surface area (Å²) in [7, 11) is 1.88. The molecule has 2 aromatic heterocycles. The van der Waals surface area contributed by atoms with E-state index in [2.05, 4.69) is 21.9 Å². The third-order valence-electron chi connectivity index (χ3n) is 3.27. The Morgan fingerprint density at radius 1 is 1.40 bits per heavy atom. The van der Waals surface area contributed by atoms with Crippen LogP contribution in [0.2, 0.25) is 0 Å². The standard InChI is InChI=1S/C14H20N6/c1-4-20(9-11-5-7-17-8-6-11)14-12(13(15)16)10(2)18-19(14)3/h5-8H,4,9H2,1-3H3,(H3,15,16). The Kier molecular flexibility index (Phi) is 4.02. The molecular formula is C14H20N6. The van der Waals surface area contributed by atoms with Gasteiger partial charge in [-0.15, -0.1) is 0 Å². The van der Waals surface area contributed by atoms with E-state index < -0.39 is 0 Å². The largest absolute Gasteiger partial charge is 0.384 e. The highest BCUT2D eigenvalue weighted by Crippen LogP contribution is 2.24. The summed E-state index contributed by atoms with van der Waals surface area (Å²) >= 11 is 0. The highest BCUT2D eigenvalue weighted by atomic mass is 15.4. The Labute approximate surface area is 118 Å². The number of nitrogens with one attached hydrogen (secondary N) is 1. The average Bonchev–Trinajstić information content (AvgIpc) is 2.72. The van der Waals surface area contributed by atoms with Gasteiger partial charge in [0.05, 0.1) is 11.3 Å². The first kappa shape index (κ1) is 14.0. The molecule has 0 amide bonds. The Balaban J connectivity index is 2.40. The summed E-state index contributed by atoms with van der Waals surface area (Å²) in [6.07, 6.45) is 3.56. The second-order valence-electron chi connectivity index (χ2n) is 4.69. The molecule has 2 heterocycles. The zero-order valence-electron chi connectivity index (χ0n) is 12.1. The lowest BCUT2D eigenvalue weighted by molar-refractivity contribution is 0.705. The molecule has 0 radical (unpaired) electrons. The van der Waals surface area contributed by atoms with Gasteiger partial charge in [-0.25, -0.2) is 0 Å². The minimum absolute atomic E-state index is 0.0544. The van der Waals surface area contributed by atoms with Gasteiger partial charge in [0.1, 0.15) is 11.7 Å². The second kappa shape index (κ2) is 5.73.